The molecule has 0 aromatic heterocycles. The van der Waals surface area contributed by atoms with Crippen LogP contribution in [0.5, 0.6) is 0 Å². The van der Waals surface area contributed by atoms with E-state index < -0.39 is 46.1 Å². The Morgan fingerprint density at radius 2 is 1.35 bits per heavy atom. The lowest BCUT2D eigenvalue weighted by atomic mass is 9.95. The lowest BCUT2D eigenvalue weighted by Crippen LogP contribution is -2.63. The predicted octanol–water partition coefficient (Wildman–Crippen LogP) is 5.13. The number of hydrogen-bond donors (Lipinski definition) is 0. The highest BCUT2D eigenvalue weighted by Crippen LogP contribution is 2.54. The molecule has 0 N–H and O–H groups in total. The maximum Gasteiger partial charge on any atom is 0.460 e. The van der Waals surface area contributed by atoms with Gasteiger partial charge in [-0.1, -0.05) is 11.6 Å². The molecule has 0 spiro atoms. The molecule has 0 saturated heterocycles. The second-order valence-corrected chi connectivity index (χ2v) is 4.58. The summed E-state index contributed by atoms with van der Waals surface area (Å²) in [5.41, 5.74) is -1.55. The van der Waals surface area contributed by atoms with Crippen molar-refractivity contribution in [3.8, 4) is 0 Å². The number of ketones is 1. The largest absolute Gasteiger partial charge is 0.460 e. The Morgan fingerprint density at radius 3 is 1.74 bits per heavy atom. The van der Waals surface area contributed by atoms with Crippen molar-refractivity contribution in [3.05, 3.63) is 34.6 Å². The lowest BCUT2D eigenvalue weighted by molar-refractivity contribution is -0.386. The fourth-order valence-corrected chi connectivity index (χ4v) is 1.61. The molecule has 1 aromatic carbocycles. The monoisotopic (exact) mass is 376 g/mol. The minimum Gasteiger partial charge on any atom is -0.287 e. The minimum absolute atomic E-state index is 0.149. The molecule has 1 nitrogen and oxygen atoms in total. The summed E-state index contributed by atoms with van der Waals surface area (Å²) in [5, 5.41) is -1.17. The van der Waals surface area contributed by atoms with Crippen LogP contribution in [0.4, 0.5) is 43.9 Å². The number of alkyl halides is 9. The van der Waals surface area contributed by atoms with Crippen LogP contribution in [0, 0.1) is 5.82 Å². The van der Waals surface area contributed by atoms with Gasteiger partial charge in [0.1, 0.15) is 5.82 Å². The van der Waals surface area contributed by atoms with Crippen LogP contribution in [-0.4, -0.2) is 29.7 Å². The van der Waals surface area contributed by atoms with Gasteiger partial charge in [0.15, 0.2) is 0 Å². The van der Waals surface area contributed by atoms with E-state index in [2.05, 4.69) is 0 Å². The number of carbonyl (C=O) groups excluding carboxylic acids is 1. The highest BCUT2D eigenvalue weighted by molar-refractivity contribution is 6.34. The summed E-state index contributed by atoms with van der Waals surface area (Å²) < 4.78 is 127. The van der Waals surface area contributed by atoms with E-state index in [0.717, 1.165) is 0 Å². The highest BCUT2D eigenvalue weighted by Gasteiger charge is 2.83. The summed E-state index contributed by atoms with van der Waals surface area (Å²) in [6.45, 7) is 0. The zero-order chi connectivity index (χ0) is 18.4. The molecule has 1 rings (SSSR count). The van der Waals surface area contributed by atoms with Crippen molar-refractivity contribution in [1.82, 2.24) is 0 Å². The third-order valence-electron chi connectivity index (χ3n) is 2.61. The molecule has 1 aromatic rings. The standard InChI is InChI=1S/C11H3ClF10O/c12-6-3-4(13)1-2-5(6)7(23)8(14,15)9(16,17)10(18,19)11(20,21)22/h1-3H. The lowest BCUT2D eigenvalue weighted by Gasteiger charge is -2.32. The SMILES string of the molecule is O=C(c1ccc(F)cc1Cl)C(F)(F)C(F)(F)C(F)(F)C(F)(F)F. The van der Waals surface area contributed by atoms with Crippen LogP contribution in [0.25, 0.3) is 0 Å². The topological polar surface area (TPSA) is 17.1 Å². The molecule has 0 bridgehead atoms. The minimum atomic E-state index is -7.20. The van der Waals surface area contributed by atoms with Crippen LogP contribution >= 0.6 is 11.6 Å². The van der Waals surface area contributed by atoms with Crippen LogP contribution in [0.1, 0.15) is 10.4 Å². The Bertz CT molecular complexity index is 622. The third-order valence-corrected chi connectivity index (χ3v) is 2.92. The van der Waals surface area contributed by atoms with Gasteiger partial charge in [-0.15, -0.1) is 0 Å². The van der Waals surface area contributed by atoms with E-state index in [1.54, 1.807) is 0 Å². The first-order valence-corrected chi connectivity index (χ1v) is 5.65. The van der Waals surface area contributed by atoms with Crippen molar-refractivity contribution < 1.29 is 48.7 Å². The molecule has 0 fully saturated rings. The van der Waals surface area contributed by atoms with Crippen molar-refractivity contribution in [2.24, 2.45) is 0 Å². The summed E-state index contributed by atoms with van der Waals surface area (Å²) in [4.78, 5) is 11.3. The van der Waals surface area contributed by atoms with Crippen molar-refractivity contribution in [2.75, 3.05) is 0 Å². The van der Waals surface area contributed by atoms with Crippen LogP contribution in [-0.2, 0) is 0 Å². The number of Topliss-reactive ketones (excluding diaryl/α,β-unsaturated/α-hetero) is 1. The smallest absolute Gasteiger partial charge is 0.287 e. The van der Waals surface area contributed by atoms with Gasteiger partial charge in [0, 0.05) is 5.56 Å². The van der Waals surface area contributed by atoms with Crippen LogP contribution < -0.4 is 0 Å². The molecule has 0 aliphatic rings. The van der Waals surface area contributed by atoms with Gasteiger partial charge in [-0.3, -0.25) is 4.79 Å². The molecular formula is C11H3ClF10O. The first-order chi connectivity index (χ1) is 10.1. The number of carbonyl (C=O) groups is 1. The zero-order valence-electron chi connectivity index (χ0n) is 10.3. The van der Waals surface area contributed by atoms with Gasteiger partial charge in [0.2, 0.25) is 5.78 Å². The van der Waals surface area contributed by atoms with Gasteiger partial charge in [-0.05, 0) is 18.2 Å². The summed E-state index contributed by atoms with van der Waals surface area (Å²) in [6, 6.07) is 0.663. The normalized spacial score (nSPS) is 14.0. The molecule has 0 atom stereocenters. The second kappa shape index (κ2) is 5.53. The first kappa shape index (κ1) is 19.5. The Hall–Kier alpha value is -1.52. The van der Waals surface area contributed by atoms with Gasteiger partial charge in [-0.2, -0.15) is 39.5 Å². The maximum atomic E-state index is 13.4. The molecule has 0 aliphatic heterocycles. The van der Waals surface area contributed by atoms with Crippen molar-refractivity contribution >= 4 is 17.4 Å². The summed E-state index contributed by atoms with van der Waals surface area (Å²) >= 11 is 5.14. The Kier molecular flexibility index (Phi) is 4.70. The van der Waals surface area contributed by atoms with Crippen LogP contribution in [0.3, 0.4) is 0 Å². The van der Waals surface area contributed by atoms with E-state index in [1.165, 1.54) is 0 Å². The molecular weight excluding hydrogens is 374 g/mol. The van der Waals surface area contributed by atoms with Gasteiger partial charge in [0.05, 0.1) is 5.02 Å². The molecule has 130 valence electrons. The Morgan fingerprint density at radius 1 is 0.870 bits per heavy atom. The van der Waals surface area contributed by atoms with Gasteiger partial charge < -0.3 is 0 Å². The molecule has 0 heterocycles. The molecule has 0 unspecified atom stereocenters. The zero-order valence-corrected chi connectivity index (χ0v) is 11.1. The molecule has 0 aliphatic carbocycles. The number of rotatable bonds is 4. The number of halogens is 11. The highest BCUT2D eigenvalue weighted by atomic mass is 35.5. The Labute approximate surface area is 125 Å². The molecule has 0 radical (unpaired) electrons. The van der Waals surface area contributed by atoms with E-state index in [9.17, 15) is 48.7 Å². The van der Waals surface area contributed by atoms with Crippen molar-refractivity contribution in [1.29, 1.82) is 0 Å². The quantitative estimate of drug-likeness (QED) is 0.526. The van der Waals surface area contributed by atoms with E-state index in [4.69, 9.17) is 11.6 Å². The Balaban J connectivity index is 3.42. The number of hydrogen-bond acceptors (Lipinski definition) is 1. The summed E-state index contributed by atoms with van der Waals surface area (Å²) in [6.07, 6.45) is -7.05. The van der Waals surface area contributed by atoms with E-state index >= 15 is 0 Å². The summed E-state index contributed by atoms with van der Waals surface area (Å²) in [7, 11) is 0. The van der Waals surface area contributed by atoms with Crippen molar-refractivity contribution in [2.45, 2.75) is 23.9 Å². The summed E-state index contributed by atoms with van der Waals surface area (Å²) in [5.74, 6) is -25.1. The molecule has 0 amide bonds. The van der Waals surface area contributed by atoms with Crippen LogP contribution in [0.2, 0.25) is 5.02 Å². The fourth-order valence-electron chi connectivity index (χ4n) is 1.36. The van der Waals surface area contributed by atoms with E-state index in [-0.39, 0.29) is 12.1 Å². The average molecular weight is 377 g/mol. The van der Waals surface area contributed by atoms with Gasteiger partial charge >= 0.3 is 23.9 Å². The molecule has 12 heteroatoms. The second-order valence-electron chi connectivity index (χ2n) is 4.17. The molecule has 23 heavy (non-hydrogen) atoms. The van der Waals surface area contributed by atoms with E-state index in [0.29, 0.717) is 6.07 Å². The maximum absolute atomic E-state index is 13.4. The molecule has 0 saturated carbocycles. The average Bonchev–Trinajstić information content (AvgIpc) is 2.36. The van der Waals surface area contributed by atoms with E-state index in [1.807, 2.05) is 0 Å². The predicted molar refractivity (Wildman–Crippen MR) is 56.6 cm³/mol. The first-order valence-electron chi connectivity index (χ1n) is 5.27. The van der Waals surface area contributed by atoms with Crippen molar-refractivity contribution in [3.63, 3.8) is 0 Å². The number of benzene rings is 1. The fraction of sp³-hybridized carbons (Fsp3) is 0.364. The van der Waals surface area contributed by atoms with Crippen LogP contribution in [0.15, 0.2) is 18.2 Å². The third kappa shape index (κ3) is 2.98. The van der Waals surface area contributed by atoms with Gasteiger partial charge in [-0.25, -0.2) is 4.39 Å². The van der Waals surface area contributed by atoms with Gasteiger partial charge in [0.25, 0.3) is 0 Å².